The Balaban J connectivity index is 1.47. The van der Waals surface area contributed by atoms with Crippen molar-refractivity contribution in [3.05, 3.63) is 77.7 Å². The Morgan fingerprint density at radius 1 is 0.690 bits per heavy atom. The number of carbonyl (C=O) groups is 15. The molecule has 4 aromatic rings. The third kappa shape index (κ3) is 28.7. The van der Waals surface area contributed by atoms with Crippen LogP contribution >= 0.6 is 25.3 Å². The number of nitrogens with one attached hydrogen (secondary N) is 15. The summed E-state index contributed by atoms with van der Waals surface area (Å²) in [5, 5.41) is 101. The zero-order valence-electron chi connectivity index (χ0n) is 61.6. The van der Waals surface area contributed by atoms with E-state index in [1.165, 1.54) is 30.5 Å². The zero-order valence-corrected chi connectivity index (χ0v) is 63.3. The lowest BCUT2D eigenvalue weighted by Gasteiger charge is -2.31. The number of carboxylic acid groups (broad SMARTS) is 2. The fourth-order valence-electron chi connectivity index (χ4n) is 12.3. The lowest BCUT2D eigenvalue weighted by molar-refractivity contribution is -0.146. The van der Waals surface area contributed by atoms with Crippen molar-refractivity contribution in [3.8, 4) is 5.75 Å². The molecule has 1 fully saturated rings. The van der Waals surface area contributed by atoms with Gasteiger partial charge in [0, 0.05) is 73.8 Å². The largest absolute Gasteiger partial charge is 0.508 e. The van der Waals surface area contributed by atoms with Crippen molar-refractivity contribution in [2.24, 2.45) is 22.9 Å². The number of thiol groups is 2. The van der Waals surface area contributed by atoms with E-state index in [9.17, 15) is 92.7 Å². The number of aryl methyl sites for hydroxylation is 2. The van der Waals surface area contributed by atoms with E-state index < -0.39 is 224 Å². The molecule has 28 N–H and O–H groups in total. The first-order valence-electron chi connectivity index (χ1n) is 36.1. The molecule has 43 nitrogen and oxygen atoms in total. The van der Waals surface area contributed by atoms with E-state index in [-0.39, 0.29) is 101 Å². The van der Waals surface area contributed by atoms with Gasteiger partial charge < -0.3 is 127 Å². The molecular formula is C68H99N23O20S2. The van der Waals surface area contributed by atoms with Crippen LogP contribution in [-0.4, -0.2) is 268 Å². The van der Waals surface area contributed by atoms with Crippen LogP contribution in [0, 0.1) is 5.41 Å². The third-order valence-electron chi connectivity index (χ3n) is 18.2. The summed E-state index contributed by atoms with van der Waals surface area (Å²) in [7, 11) is 0. The Morgan fingerprint density at radius 3 is 1.90 bits per heavy atom. The van der Waals surface area contributed by atoms with Gasteiger partial charge in [0.15, 0.2) is 5.96 Å². The number of aromatic hydroxyl groups is 1. The van der Waals surface area contributed by atoms with Gasteiger partial charge >= 0.3 is 18.0 Å². The van der Waals surface area contributed by atoms with Crippen molar-refractivity contribution in [1.82, 2.24) is 94.0 Å². The number of phenols is 1. The molecule has 0 spiro atoms. The fraction of sp³-hybridized carbons (Fsp3) is 0.529. The van der Waals surface area contributed by atoms with Crippen LogP contribution in [-0.2, 0) is 92.9 Å². The molecule has 618 valence electrons. The number of aliphatic hydroxyl groups is 2. The summed E-state index contributed by atoms with van der Waals surface area (Å²) in [6.45, 7) is -0.284. The van der Waals surface area contributed by atoms with Crippen LogP contribution in [0.4, 0.5) is 4.79 Å². The number of primary amides is 1. The number of hydrogen-bond acceptors (Lipinski definition) is 25. The van der Waals surface area contributed by atoms with Crippen molar-refractivity contribution < 1.29 is 97.5 Å². The Kier molecular flexibility index (Phi) is 35.7. The maximum absolute atomic E-state index is 15.2. The molecule has 4 heterocycles. The van der Waals surface area contributed by atoms with E-state index in [0.717, 1.165) is 16.5 Å². The highest BCUT2D eigenvalue weighted by molar-refractivity contribution is 7.80. The number of fused-ring (bicyclic) bond motifs is 4. The van der Waals surface area contributed by atoms with E-state index in [0.29, 0.717) is 22.0 Å². The number of aromatic amines is 1. The first-order valence-corrected chi connectivity index (χ1v) is 37.4. The minimum absolute atomic E-state index is 0.00142. The molecule has 2 aliphatic heterocycles. The lowest BCUT2D eigenvalue weighted by Crippen LogP contribution is -2.62. The fourth-order valence-corrected chi connectivity index (χ4v) is 12.8. The third-order valence-corrected chi connectivity index (χ3v) is 19.0. The first kappa shape index (κ1) is 90.5. The summed E-state index contributed by atoms with van der Waals surface area (Å²) in [5.41, 5.74) is 23.6. The quantitative estimate of drug-likeness (QED) is 0.00867. The normalized spacial score (nSPS) is 22.8. The van der Waals surface area contributed by atoms with E-state index >= 15 is 4.79 Å². The standard InChI is InChI=1S/C68H99N23O20S2/c1-33(92)54-64(107)84-46(27-53(96)97)65(108)91-23-6-11-50(91)63(106)82-41(9-4-21-74-67(71)72)56(99)86-49(32-113)62(105)78-40(10-5-22-75-68(73)111)55(98)83-45(26-35-29-76-39-8-3-2-7-38(35)39)60(103)80-43(18-19-51(70)94)57(100)79-42(58(101)85-47(66(109)110)25-34-12-15-37(93)16-13-34)17-14-36-30-90(89-88-36)24-20-44(59(102)87-54)81-61(104)48(31-112)77-52(95)28-69/h2-3,7-8,12-13,15-16,29-30,33,40-51,54,76,92-94,112-113H,4-6,9-11,14,17-28,31-32,69-70H2,1H3,(H,77,95)(H,78,105)(H,79,100)(H,80,103)(H,81,104)(H,82,106)(H,83,98)(H,84,107)(H,85,101)(H,86,99)(H,87,102)(H,96,97)(H,109,110)(H4,71,72,74)(H3,73,75,111)/t33-,40+,41+,42-,43+,44+,45?,46+,47+,48?,49?,50?,51?,54+/m1/s1. The first-order chi connectivity index (χ1) is 53.7. The molecule has 14 atom stereocenters. The number of aromatic nitrogens is 4. The van der Waals surface area contributed by atoms with Gasteiger partial charge in [-0.15, -0.1) is 5.10 Å². The molecule has 0 saturated carbocycles. The molecule has 0 aliphatic carbocycles. The molecule has 113 heavy (non-hydrogen) atoms. The average Bonchev–Trinajstić information content (AvgIpc) is 1.63. The number of para-hydroxylation sites is 1. The van der Waals surface area contributed by atoms with Crippen LogP contribution in [0.5, 0.6) is 5.75 Å². The predicted octanol–water partition coefficient (Wildman–Crippen LogP) is -7.86. The minimum Gasteiger partial charge on any atom is -0.508 e. The van der Waals surface area contributed by atoms with E-state index in [4.69, 9.17) is 28.3 Å². The number of benzene rings is 2. The number of guanidine groups is 1. The maximum Gasteiger partial charge on any atom is 0.326 e. The highest BCUT2D eigenvalue weighted by Crippen LogP contribution is 2.23. The Morgan fingerprint density at radius 2 is 1.29 bits per heavy atom. The SMILES string of the molecule is C[C@@H](O)[C@@H]1NC(=O)[C@@H](NC(=O)C(CS)NC(=O)CN)CCn2cc(nn2)CC[C@H](C(=O)N[C@@H](Cc2ccc(O)cc2)C(=O)O)NC(=O)[C@H](CCC(N)O)NC(=O)C(Cc2c[nH]c3ccccc23)NC(=O)[C@H](CCCNC(N)=O)NC(=O)C(CS)NC(=O)[C@H](CCCNC(=N)N)NC(=O)C2CCCN2C(=O)[C@H](CC(=O)O)NC1=O. The van der Waals surface area contributed by atoms with Crippen LogP contribution in [0.15, 0.2) is 60.9 Å². The van der Waals surface area contributed by atoms with Gasteiger partial charge in [0.2, 0.25) is 70.9 Å². The zero-order chi connectivity index (χ0) is 83.2. The Labute approximate surface area is 657 Å². The summed E-state index contributed by atoms with van der Waals surface area (Å²) in [4.78, 5) is 214. The molecule has 1 saturated heterocycles. The number of amides is 14. The summed E-state index contributed by atoms with van der Waals surface area (Å²) < 4.78 is 1.16. The monoisotopic (exact) mass is 1620 g/mol. The molecule has 5 unspecified atom stereocenters. The number of hydrogen-bond donors (Lipinski definition) is 26. The topological polar surface area (TPSA) is 691 Å². The molecule has 45 heteroatoms. The smallest absolute Gasteiger partial charge is 0.326 e. The second kappa shape index (κ2) is 44.6. The lowest BCUT2D eigenvalue weighted by atomic mass is 10.0. The van der Waals surface area contributed by atoms with E-state index in [1.807, 2.05) is 0 Å². The maximum atomic E-state index is 15.2. The highest BCUT2D eigenvalue weighted by Gasteiger charge is 2.43. The Bertz CT molecular complexity index is 4040. The predicted molar refractivity (Wildman–Crippen MR) is 406 cm³/mol. The molecule has 6 rings (SSSR count). The van der Waals surface area contributed by atoms with Crippen LogP contribution in [0.2, 0.25) is 0 Å². The number of carbonyl (C=O) groups excluding carboxylic acids is 13. The van der Waals surface area contributed by atoms with Crippen molar-refractivity contribution in [2.75, 3.05) is 37.7 Å². The Hall–Kier alpha value is -11.4. The van der Waals surface area contributed by atoms with Gasteiger partial charge in [0.05, 0.1) is 24.8 Å². The van der Waals surface area contributed by atoms with E-state index in [2.05, 4.69) is 110 Å². The summed E-state index contributed by atoms with van der Waals surface area (Å²) in [5.74, 6) is -17.6. The molecule has 2 aromatic carbocycles. The molecule has 2 aromatic heterocycles. The van der Waals surface area contributed by atoms with Crippen LogP contribution < -0.4 is 92.1 Å². The number of aliphatic carboxylic acids is 2. The molecule has 2 aliphatic rings. The number of nitrogens with zero attached hydrogens (tertiary/aromatic N) is 4. The molecule has 14 amide bonds. The molecule has 0 radical (unpaired) electrons. The van der Waals surface area contributed by atoms with Crippen molar-refractivity contribution in [2.45, 2.75) is 188 Å². The van der Waals surface area contributed by atoms with Crippen LogP contribution in [0.3, 0.4) is 0 Å². The van der Waals surface area contributed by atoms with Gasteiger partial charge in [-0.1, -0.05) is 35.5 Å². The van der Waals surface area contributed by atoms with Crippen LogP contribution in [0.1, 0.15) is 94.4 Å². The number of urea groups is 1. The molecule has 2 bridgehead atoms. The number of rotatable bonds is 27. The molecular weight excluding hydrogens is 1520 g/mol. The number of aliphatic hydroxyl groups excluding tert-OH is 2. The highest BCUT2D eigenvalue weighted by atomic mass is 32.1. The van der Waals surface area contributed by atoms with Gasteiger partial charge in [-0.3, -0.25) is 72.4 Å². The van der Waals surface area contributed by atoms with E-state index in [1.54, 1.807) is 30.5 Å². The van der Waals surface area contributed by atoms with Crippen molar-refractivity contribution >= 4 is 131 Å². The van der Waals surface area contributed by atoms with Gasteiger partial charge in [-0.05, 0) is 107 Å². The summed E-state index contributed by atoms with van der Waals surface area (Å²) in [6, 6.07) is -9.19. The van der Waals surface area contributed by atoms with Gasteiger partial charge in [-0.25, -0.2) is 9.59 Å². The number of H-pyrrole nitrogens is 1. The number of carboxylic acids is 2. The summed E-state index contributed by atoms with van der Waals surface area (Å²) >= 11 is 8.49. The average molecular weight is 1620 g/mol. The number of phenolic OH excluding ortho intramolecular Hbond substituents is 1. The summed E-state index contributed by atoms with van der Waals surface area (Å²) in [6.07, 6.45) is -5.11. The second-order valence-electron chi connectivity index (χ2n) is 26.9. The number of nitrogens with two attached hydrogens (primary N) is 4. The second-order valence-corrected chi connectivity index (χ2v) is 27.6. The van der Waals surface area contributed by atoms with Crippen LogP contribution in [0.25, 0.3) is 10.9 Å². The van der Waals surface area contributed by atoms with Gasteiger partial charge in [-0.2, -0.15) is 25.3 Å². The van der Waals surface area contributed by atoms with Gasteiger partial charge in [0.25, 0.3) is 0 Å². The van der Waals surface area contributed by atoms with Crippen molar-refractivity contribution in [1.29, 1.82) is 5.41 Å². The van der Waals surface area contributed by atoms with Gasteiger partial charge in [0.1, 0.15) is 84.5 Å². The van der Waals surface area contributed by atoms with Crippen molar-refractivity contribution in [3.63, 3.8) is 0 Å². The minimum atomic E-state index is -2.05.